The van der Waals surface area contributed by atoms with Crippen LogP contribution in [0.25, 0.3) is 0 Å². The monoisotopic (exact) mass is 319 g/mol. The molecule has 3 rings (SSSR count). The summed E-state index contributed by atoms with van der Waals surface area (Å²) in [5, 5.41) is 0. The van der Waals surface area contributed by atoms with Crippen LogP contribution >= 0.6 is 0 Å². The first-order valence-corrected chi connectivity index (χ1v) is 8.79. The Kier molecular flexibility index (Phi) is 5.14. The van der Waals surface area contributed by atoms with Crippen molar-refractivity contribution in [2.75, 3.05) is 0 Å². The van der Waals surface area contributed by atoms with Gasteiger partial charge >= 0.3 is 0 Å². The summed E-state index contributed by atoms with van der Waals surface area (Å²) < 4.78 is 0. The van der Waals surface area contributed by atoms with Gasteiger partial charge in [0, 0.05) is 24.2 Å². The van der Waals surface area contributed by atoms with Gasteiger partial charge in [0.05, 0.1) is 6.04 Å². The lowest BCUT2D eigenvalue weighted by Crippen LogP contribution is -2.40. The Morgan fingerprint density at radius 2 is 1.54 bits per heavy atom. The first-order chi connectivity index (χ1) is 11.7. The predicted molar refractivity (Wildman–Crippen MR) is 98.6 cm³/mol. The van der Waals surface area contributed by atoms with E-state index < -0.39 is 0 Å². The van der Waals surface area contributed by atoms with Crippen molar-refractivity contribution >= 4 is 5.78 Å². The van der Waals surface area contributed by atoms with E-state index in [0.717, 1.165) is 18.4 Å². The summed E-state index contributed by atoms with van der Waals surface area (Å²) in [5.74, 6) is 0.282. The van der Waals surface area contributed by atoms with Gasteiger partial charge in [-0.15, -0.1) is 0 Å². The van der Waals surface area contributed by atoms with Crippen LogP contribution in [-0.2, 0) is 4.79 Å². The average Bonchev–Trinajstić information content (AvgIpc) is 2.61. The fourth-order valence-corrected chi connectivity index (χ4v) is 3.56. The van der Waals surface area contributed by atoms with Crippen molar-refractivity contribution in [1.29, 1.82) is 0 Å². The number of carbonyl (C=O) groups excluding carboxylic acids is 1. The molecule has 1 aliphatic rings. The van der Waals surface area contributed by atoms with Crippen molar-refractivity contribution in [3.8, 4) is 0 Å². The molecule has 1 aliphatic heterocycles. The van der Waals surface area contributed by atoms with Crippen LogP contribution in [0.2, 0.25) is 0 Å². The fourth-order valence-electron chi connectivity index (χ4n) is 3.56. The Balaban J connectivity index is 2.08. The van der Waals surface area contributed by atoms with E-state index in [2.05, 4.69) is 78.7 Å². The molecule has 0 aromatic heterocycles. The molecular weight excluding hydrogens is 294 g/mol. The van der Waals surface area contributed by atoms with Crippen molar-refractivity contribution in [1.82, 2.24) is 4.90 Å². The van der Waals surface area contributed by atoms with Crippen LogP contribution < -0.4 is 0 Å². The number of Topliss-reactive ketones (excluding diaryl/α,β-unsaturated/α-hetero) is 1. The molecule has 0 radical (unpaired) electrons. The summed E-state index contributed by atoms with van der Waals surface area (Å²) in [7, 11) is 0. The van der Waals surface area contributed by atoms with E-state index in [-0.39, 0.29) is 17.9 Å². The Labute approximate surface area is 144 Å². The quantitative estimate of drug-likeness (QED) is 0.762. The number of hydrogen-bond acceptors (Lipinski definition) is 2. The van der Waals surface area contributed by atoms with E-state index in [9.17, 15) is 4.79 Å². The molecule has 0 saturated carbocycles. The van der Waals surface area contributed by atoms with Crippen LogP contribution in [0.3, 0.4) is 0 Å². The van der Waals surface area contributed by atoms with Crippen LogP contribution in [0.5, 0.6) is 0 Å². The lowest BCUT2D eigenvalue weighted by Gasteiger charge is -2.41. The Morgan fingerprint density at radius 1 is 1.00 bits per heavy atom. The number of benzene rings is 2. The van der Waals surface area contributed by atoms with Gasteiger partial charge in [0.1, 0.15) is 0 Å². The number of ketones is 1. The van der Waals surface area contributed by atoms with Crippen molar-refractivity contribution in [2.45, 2.75) is 45.2 Å². The Morgan fingerprint density at radius 3 is 2.04 bits per heavy atom. The third kappa shape index (κ3) is 3.43. The molecule has 0 spiro atoms. The molecule has 0 bridgehead atoms. The molecular formula is C22H25NO. The van der Waals surface area contributed by atoms with Gasteiger partial charge in [-0.1, -0.05) is 74.0 Å². The van der Waals surface area contributed by atoms with Gasteiger partial charge in [-0.2, -0.15) is 0 Å². The second-order valence-corrected chi connectivity index (χ2v) is 6.55. The molecule has 0 aliphatic carbocycles. The van der Waals surface area contributed by atoms with Gasteiger partial charge in [-0.05, 0) is 24.5 Å². The largest absolute Gasteiger partial charge is 0.363 e. The molecule has 0 amide bonds. The molecule has 0 saturated heterocycles. The molecule has 2 nitrogen and oxygen atoms in total. The maximum atomic E-state index is 12.2. The SMILES string of the molecule is CCCC1CC(=O)C(C)=CN1C(c1ccccc1)c1ccccc1. The highest BCUT2D eigenvalue weighted by Gasteiger charge is 2.31. The molecule has 124 valence electrons. The van der Waals surface area contributed by atoms with Gasteiger partial charge in [0.2, 0.25) is 0 Å². The fraction of sp³-hybridized carbons (Fsp3) is 0.318. The van der Waals surface area contributed by atoms with E-state index in [1.54, 1.807) is 0 Å². The zero-order valence-electron chi connectivity index (χ0n) is 14.5. The molecule has 0 N–H and O–H groups in total. The predicted octanol–water partition coefficient (Wildman–Crippen LogP) is 5.12. The first-order valence-electron chi connectivity index (χ1n) is 8.79. The number of carbonyl (C=O) groups is 1. The Hall–Kier alpha value is -2.35. The van der Waals surface area contributed by atoms with Crippen LogP contribution in [0.15, 0.2) is 72.4 Å². The minimum Gasteiger partial charge on any atom is -0.363 e. The summed E-state index contributed by atoms with van der Waals surface area (Å²) in [6, 6.07) is 21.6. The van der Waals surface area contributed by atoms with Gasteiger partial charge in [-0.25, -0.2) is 0 Å². The lowest BCUT2D eigenvalue weighted by molar-refractivity contribution is -0.117. The van der Waals surface area contributed by atoms with Crippen LogP contribution in [0.4, 0.5) is 0 Å². The molecule has 2 aromatic rings. The molecule has 2 aromatic carbocycles. The first kappa shape index (κ1) is 16.5. The maximum Gasteiger partial charge on any atom is 0.162 e. The van der Waals surface area contributed by atoms with Crippen molar-refractivity contribution in [3.05, 3.63) is 83.6 Å². The minimum absolute atomic E-state index is 0.145. The van der Waals surface area contributed by atoms with Gasteiger partial charge in [0.25, 0.3) is 0 Å². The van der Waals surface area contributed by atoms with E-state index in [1.807, 2.05) is 6.92 Å². The van der Waals surface area contributed by atoms with Gasteiger partial charge < -0.3 is 4.90 Å². The third-order valence-corrected chi connectivity index (χ3v) is 4.78. The molecule has 0 fully saturated rings. The smallest absolute Gasteiger partial charge is 0.162 e. The zero-order chi connectivity index (χ0) is 16.9. The van der Waals surface area contributed by atoms with E-state index in [0.29, 0.717) is 6.42 Å². The third-order valence-electron chi connectivity index (χ3n) is 4.78. The zero-order valence-corrected chi connectivity index (χ0v) is 14.5. The standard InChI is InChI=1S/C22H25NO/c1-3-10-20-15-21(24)17(2)16-23(20)22(18-11-6-4-7-12-18)19-13-8-5-9-14-19/h4-9,11-14,16,20,22H,3,10,15H2,1-2H3. The molecule has 24 heavy (non-hydrogen) atoms. The molecule has 1 unspecified atom stereocenters. The molecule has 2 heteroatoms. The second kappa shape index (κ2) is 7.48. The highest BCUT2D eigenvalue weighted by molar-refractivity contribution is 5.95. The van der Waals surface area contributed by atoms with Crippen molar-refractivity contribution in [2.24, 2.45) is 0 Å². The average molecular weight is 319 g/mol. The maximum absolute atomic E-state index is 12.2. The molecule has 1 atom stereocenters. The van der Waals surface area contributed by atoms with Gasteiger partial charge in [0.15, 0.2) is 5.78 Å². The van der Waals surface area contributed by atoms with Gasteiger partial charge in [-0.3, -0.25) is 4.79 Å². The second-order valence-electron chi connectivity index (χ2n) is 6.55. The molecule has 1 heterocycles. The number of rotatable bonds is 5. The minimum atomic E-state index is 0.145. The van der Waals surface area contributed by atoms with Crippen molar-refractivity contribution < 1.29 is 4.79 Å². The van der Waals surface area contributed by atoms with Crippen LogP contribution in [0, 0.1) is 0 Å². The summed E-state index contributed by atoms with van der Waals surface area (Å²) in [6.07, 6.45) is 4.81. The summed E-state index contributed by atoms with van der Waals surface area (Å²) in [6.45, 7) is 4.12. The lowest BCUT2D eigenvalue weighted by atomic mass is 9.90. The summed E-state index contributed by atoms with van der Waals surface area (Å²) >= 11 is 0. The summed E-state index contributed by atoms with van der Waals surface area (Å²) in [5.41, 5.74) is 3.39. The number of nitrogens with zero attached hydrogens (tertiary/aromatic N) is 1. The number of hydrogen-bond donors (Lipinski definition) is 0. The highest BCUT2D eigenvalue weighted by Crippen LogP contribution is 2.35. The van der Waals surface area contributed by atoms with Crippen LogP contribution in [-0.4, -0.2) is 16.7 Å². The van der Waals surface area contributed by atoms with Crippen LogP contribution in [0.1, 0.15) is 50.3 Å². The van der Waals surface area contributed by atoms with E-state index in [1.165, 1.54) is 11.1 Å². The number of allylic oxidation sites excluding steroid dienone is 1. The topological polar surface area (TPSA) is 20.3 Å². The van der Waals surface area contributed by atoms with Crippen molar-refractivity contribution in [3.63, 3.8) is 0 Å². The summed E-state index contributed by atoms with van der Waals surface area (Å²) in [4.78, 5) is 14.6. The van der Waals surface area contributed by atoms with E-state index >= 15 is 0 Å². The Bertz CT molecular complexity index is 666. The normalized spacial score (nSPS) is 18.0. The van der Waals surface area contributed by atoms with E-state index in [4.69, 9.17) is 0 Å². The highest BCUT2D eigenvalue weighted by atomic mass is 16.1.